The molecule has 0 aliphatic carbocycles. The van der Waals surface area contributed by atoms with E-state index in [0.29, 0.717) is 11.1 Å². The molecule has 0 bridgehead atoms. The highest BCUT2D eigenvalue weighted by atomic mass is 79.9. The number of terminal acetylenes is 1. The van der Waals surface area contributed by atoms with E-state index in [9.17, 15) is 4.39 Å². The smallest absolute Gasteiger partial charge is 0.125 e. The van der Waals surface area contributed by atoms with Crippen molar-refractivity contribution in [3.63, 3.8) is 0 Å². The van der Waals surface area contributed by atoms with Crippen LogP contribution < -0.4 is 0 Å². The Morgan fingerprint density at radius 1 is 0.944 bits per heavy atom. The van der Waals surface area contributed by atoms with E-state index in [1.807, 2.05) is 24.3 Å². The van der Waals surface area contributed by atoms with Crippen LogP contribution in [0.3, 0.4) is 0 Å². The summed E-state index contributed by atoms with van der Waals surface area (Å²) in [6.45, 7) is 0. The van der Waals surface area contributed by atoms with Gasteiger partial charge in [-0.3, -0.25) is 0 Å². The molecular weight excluding hydrogens is 291 g/mol. The predicted octanol–water partition coefficient (Wildman–Crippen LogP) is 3.97. The SMILES string of the molecule is C#Cc1cc(F)cc(C#Cc2cccc(Br)c2)c1. The van der Waals surface area contributed by atoms with Crippen LogP contribution in [0.25, 0.3) is 0 Å². The van der Waals surface area contributed by atoms with Crippen molar-refractivity contribution in [2.45, 2.75) is 0 Å². The maximum Gasteiger partial charge on any atom is 0.125 e. The van der Waals surface area contributed by atoms with Gasteiger partial charge in [-0.25, -0.2) is 4.39 Å². The van der Waals surface area contributed by atoms with Crippen molar-refractivity contribution in [2.24, 2.45) is 0 Å². The first kappa shape index (κ1) is 12.4. The summed E-state index contributed by atoms with van der Waals surface area (Å²) in [5.74, 6) is 7.89. The molecule has 18 heavy (non-hydrogen) atoms. The molecule has 0 spiro atoms. The molecule has 0 heterocycles. The van der Waals surface area contributed by atoms with E-state index in [-0.39, 0.29) is 5.82 Å². The minimum absolute atomic E-state index is 0.371. The topological polar surface area (TPSA) is 0 Å². The van der Waals surface area contributed by atoms with Gasteiger partial charge >= 0.3 is 0 Å². The largest absolute Gasteiger partial charge is 0.207 e. The molecule has 0 saturated carbocycles. The van der Waals surface area contributed by atoms with Gasteiger partial charge in [0.1, 0.15) is 5.82 Å². The zero-order valence-corrected chi connectivity index (χ0v) is 11.0. The van der Waals surface area contributed by atoms with Crippen LogP contribution in [0.4, 0.5) is 4.39 Å². The Morgan fingerprint density at radius 2 is 1.67 bits per heavy atom. The van der Waals surface area contributed by atoms with Gasteiger partial charge in [0.2, 0.25) is 0 Å². The molecule has 86 valence electrons. The summed E-state index contributed by atoms with van der Waals surface area (Å²) in [4.78, 5) is 0. The lowest BCUT2D eigenvalue weighted by Gasteiger charge is -1.95. The Bertz CT molecular complexity index is 684. The van der Waals surface area contributed by atoms with Crippen molar-refractivity contribution >= 4 is 15.9 Å². The third kappa shape index (κ3) is 3.23. The number of benzene rings is 2. The normalized spacial score (nSPS) is 9.17. The average Bonchev–Trinajstić information content (AvgIpc) is 2.36. The first-order valence-corrected chi connectivity index (χ1v) is 6.01. The molecule has 0 saturated heterocycles. The van der Waals surface area contributed by atoms with Crippen LogP contribution in [-0.4, -0.2) is 0 Å². The van der Waals surface area contributed by atoms with Gasteiger partial charge in [0.15, 0.2) is 0 Å². The molecule has 0 aromatic heterocycles. The van der Waals surface area contributed by atoms with Gasteiger partial charge in [-0.05, 0) is 36.4 Å². The first-order chi connectivity index (χ1) is 8.67. The summed E-state index contributed by atoms with van der Waals surface area (Å²) >= 11 is 3.37. The lowest BCUT2D eigenvalue weighted by atomic mass is 10.1. The molecule has 0 radical (unpaired) electrons. The standard InChI is InChI=1S/C16H8BrF/c1-2-12-8-14(11-16(18)10-12)7-6-13-4-3-5-15(17)9-13/h1,3-5,8-11H. The van der Waals surface area contributed by atoms with Gasteiger partial charge in [0.05, 0.1) is 0 Å². The van der Waals surface area contributed by atoms with Crippen molar-refractivity contribution < 1.29 is 4.39 Å². The monoisotopic (exact) mass is 298 g/mol. The highest BCUT2D eigenvalue weighted by molar-refractivity contribution is 9.10. The first-order valence-electron chi connectivity index (χ1n) is 5.22. The van der Waals surface area contributed by atoms with E-state index in [1.165, 1.54) is 12.1 Å². The summed E-state index contributed by atoms with van der Waals surface area (Å²) in [5.41, 5.74) is 1.92. The Labute approximate surface area is 114 Å². The minimum Gasteiger partial charge on any atom is -0.207 e. The van der Waals surface area contributed by atoms with E-state index in [1.54, 1.807) is 6.07 Å². The molecule has 0 amide bonds. The Morgan fingerprint density at radius 3 is 2.39 bits per heavy atom. The molecule has 0 nitrogen and oxygen atoms in total. The van der Waals surface area contributed by atoms with E-state index < -0.39 is 0 Å². The third-order valence-electron chi connectivity index (χ3n) is 2.24. The van der Waals surface area contributed by atoms with E-state index in [4.69, 9.17) is 6.42 Å². The van der Waals surface area contributed by atoms with E-state index in [0.717, 1.165) is 10.0 Å². The molecule has 0 atom stereocenters. The second kappa shape index (κ2) is 5.54. The van der Waals surface area contributed by atoms with Crippen LogP contribution in [0.15, 0.2) is 46.9 Å². The van der Waals surface area contributed by atoms with Crippen LogP contribution in [0.2, 0.25) is 0 Å². The van der Waals surface area contributed by atoms with Crippen LogP contribution in [0.5, 0.6) is 0 Å². The summed E-state index contributed by atoms with van der Waals surface area (Å²) < 4.78 is 14.2. The van der Waals surface area contributed by atoms with Gasteiger partial charge in [-0.2, -0.15) is 0 Å². The molecule has 0 unspecified atom stereocenters. The Balaban J connectivity index is 2.36. The number of hydrogen-bond donors (Lipinski definition) is 0. The highest BCUT2D eigenvalue weighted by Crippen LogP contribution is 2.11. The van der Waals surface area contributed by atoms with Crippen LogP contribution in [0.1, 0.15) is 16.7 Å². The quantitative estimate of drug-likeness (QED) is 0.646. The van der Waals surface area contributed by atoms with E-state index in [2.05, 4.69) is 33.7 Å². The minimum atomic E-state index is -0.371. The number of halogens is 2. The average molecular weight is 299 g/mol. The molecule has 0 aliphatic heterocycles. The Kier molecular flexibility index (Phi) is 3.82. The molecular formula is C16H8BrF. The van der Waals surface area contributed by atoms with Crippen LogP contribution >= 0.6 is 15.9 Å². The number of rotatable bonds is 0. The third-order valence-corrected chi connectivity index (χ3v) is 2.73. The molecule has 0 N–H and O–H groups in total. The highest BCUT2D eigenvalue weighted by Gasteiger charge is 1.96. The zero-order valence-electron chi connectivity index (χ0n) is 9.37. The molecule has 0 fully saturated rings. The second-order valence-electron chi connectivity index (χ2n) is 3.63. The van der Waals surface area contributed by atoms with Crippen molar-refractivity contribution in [2.75, 3.05) is 0 Å². The summed E-state index contributed by atoms with van der Waals surface area (Å²) in [5, 5.41) is 0. The van der Waals surface area contributed by atoms with Crippen molar-refractivity contribution in [1.29, 1.82) is 0 Å². The summed E-state index contributed by atoms with van der Waals surface area (Å²) in [6, 6.07) is 12.0. The molecule has 2 aromatic carbocycles. The van der Waals surface area contributed by atoms with Gasteiger partial charge in [-0.15, -0.1) is 6.42 Å². The molecule has 2 aromatic rings. The van der Waals surface area contributed by atoms with Crippen molar-refractivity contribution in [3.05, 3.63) is 69.4 Å². The maximum atomic E-state index is 13.2. The van der Waals surface area contributed by atoms with Gasteiger partial charge in [0, 0.05) is 21.2 Å². The zero-order chi connectivity index (χ0) is 13.0. The molecule has 2 heteroatoms. The fraction of sp³-hybridized carbons (Fsp3) is 0. The predicted molar refractivity (Wildman–Crippen MR) is 74.5 cm³/mol. The number of hydrogen-bond acceptors (Lipinski definition) is 0. The van der Waals surface area contributed by atoms with Crippen molar-refractivity contribution in [1.82, 2.24) is 0 Å². The maximum absolute atomic E-state index is 13.2. The van der Waals surface area contributed by atoms with E-state index >= 15 is 0 Å². The lowest BCUT2D eigenvalue weighted by molar-refractivity contribution is 0.627. The lowest BCUT2D eigenvalue weighted by Crippen LogP contribution is -1.83. The van der Waals surface area contributed by atoms with Crippen molar-refractivity contribution in [3.8, 4) is 24.2 Å². The molecule has 2 rings (SSSR count). The second-order valence-corrected chi connectivity index (χ2v) is 4.55. The summed E-state index contributed by atoms with van der Waals surface area (Å²) in [6.07, 6.45) is 5.24. The molecule has 0 aliphatic rings. The summed E-state index contributed by atoms with van der Waals surface area (Å²) in [7, 11) is 0. The fourth-order valence-electron chi connectivity index (χ4n) is 1.46. The van der Waals surface area contributed by atoms with Crippen LogP contribution in [-0.2, 0) is 0 Å². The van der Waals surface area contributed by atoms with Gasteiger partial charge < -0.3 is 0 Å². The van der Waals surface area contributed by atoms with Crippen LogP contribution in [0, 0.1) is 30.0 Å². The van der Waals surface area contributed by atoms with Gasteiger partial charge in [-0.1, -0.05) is 39.8 Å². The Hall–Kier alpha value is -2.03. The van der Waals surface area contributed by atoms with Gasteiger partial charge in [0.25, 0.3) is 0 Å². The fourth-order valence-corrected chi connectivity index (χ4v) is 1.85.